The second kappa shape index (κ2) is 5.89. The van der Waals surface area contributed by atoms with Gasteiger partial charge in [0, 0.05) is 13.1 Å². The van der Waals surface area contributed by atoms with E-state index in [2.05, 4.69) is 20.8 Å². The molecule has 0 aliphatic carbocycles. The summed E-state index contributed by atoms with van der Waals surface area (Å²) in [5.41, 5.74) is 1.04. The van der Waals surface area contributed by atoms with Crippen LogP contribution in [0.15, 0.2) is 30.3 Å². The van der Waals surface area contributed by atoms with Crippen LogP contribution < -0.4 is 0 Å². The quantitative estimate of drug-likeness (QED) is 0.817. The van der Waals surface area contributed by atoms with Crippen molar-refractivity contribution in [3.05, 3.63) is 35.9 Å². The summed E-state index contributed by atoms with van der Waals surface area (Å²) < 4.78 is 5.29. The fourth-order valence-electron chi connectivity index (χ4n) is 1.56. The van der Waals surface area contributed by atoms with Gasteiger partial charge in [-0.05, 0) is 17.9 Å². The zero-order chi connectivity index (χ0) is 13.8. The molecule has 0 bridgehead atoms. The van der Waals surface area contributed by atoms with E-state index in [0.29, 0.717) is 6.61 Å². The Labute approximate surface area is 110 Å². The first kappa shape index (κ1) is 14.6. The van der Waals surface area contributed by atoms with E-state index < -0.39 is 0 Å². The maximum Gasteiger partial charge on any atom is 0.410 e. The number of benzene rings is 1. The van der Waals surface area contributed by atoms with Crippen LogP contribution in [0.25, 0.3) is 0 Å². The van der Waals surface area contributed by atoms with Gasteiger partial charge in [0.1, 0.15) is 6.61 Å². The van der Waals surface area contributed by atoms with E-state index in [1.165, 1.54) is 0 Å². The normalized spacial score (nSPS) is 12.9. The van der Waals surface area contributed by atoms with Crippen LogP contribution >= 0.6 is 0 Å². The summed E-state index contributed by atoms with van der Waals surface area (Å²) in [7, 11) is 1.78. The van der Waals surface area contributed by atoms with Crippen LogP contribution in [0.3, 0.4) is 0 Å². The van der Waals surface area contributed by atoms with Crippen molar-refractivity contribution < 1.29 is 9.53 Å². The molecule has 0 N–H and O–H groups in total. The molecule has 0 aliphatic heterocycles. The molecule has 0 radical (unpaired) electrons. The Morgan fingerprint density at radius 1 is 1.28 bits per heavy atom. The Kier molecular flexibility index (Phi) is 4.76. The highest BCUT2D eigenvalue weighted by molar-refractivity contribution is 5.67. The summed E-state index contributed by atoms with van der Waals surface area (Å²) in [5.74, 6) is 0. The van der Waals surface area contributed by atoms with Crippen molar-refractivity contribution in [1.82, 2.24) is 4.90 Å². The maximum absolute atomic E-state index is 11.9. The topological polar surface area (TPSA) is 29.5 Å². The van der Waals surface area contributed by atoms with Crippen LogP contribution in [0.2, 0.25) is 0 Å². The fourth-order valence-corrected chi connectivity index (χ4v) is 1.56. The molecule has 0 heterocycles. The fraction of sp³-hybridized carbons (Fsp3) is 0.533. The summed E-state index contributed by atoms with van der Waals surface area (Å²) in [4.78, 5) is 13.6. The van der Waals surface area contributed by atoms with Gasteiger partial charge in [0.05, 0.1) is 0 Å². The van der Waals surface area contributed by atoms with Crippen molar-refractivity contribution in [2.75, 3.05) is 7.05 Å². The highest BCUT2D eigenvalue weighted by Gasteiger charge is 2.27. The van der Waals surface area contributed by atoms with Crippen molar-refractivity contribution in [3.8, 4) is 0 Å². The van der Waals surface area contributed by atoms with Crippen molar-refractivity contribution in [2.24, 2.45) is 5.41 Å². The Bertz CT molecular complexity index is 381. The number of rotatable bonds is 3. The number of carbonyl (C=O) groups excluding carboxylic acids is 1. The largest absolute Gasteiger partial charge is 0.445 e. The molecule has 3 nitrogen and oxygen atoms in total. The average Bonchev–Trinajstić information content (AvgIpc) is 2.34. The molecule has 1 unspecified atom stereocenters. The van der Waals surface area contributed by atoms with Crippen LogP contribution in [0.1, 0.15) is 33.3 Å². The van der Waals surface area contributed by atoms with Crippen LogP contribution in [-0.4, -0.2) is 24.1 Å². The first-order valence-electron chi connectivity index (χ1n) is 6.26. The molecule has 3 heteroatoms. The van der Waals surface area contributed by atoms with Gasteiger partial charge >= 0.3 is 6.09 Å². The molecule has 0 spiro atoms. The molecular formula is C15H23NO2. The maximum atomic E-state index is 11.9. The monoisotopic (exact) mass is 249 g/mol. The van der Waals surface area contributed by atoms with Crippen LogP contribution in [0, 0.1) is 5.41 Å². The Balaban J connectivity index is 2.51. The van der Waals surface area contributed by atoms with Gasteiger partial charge in [0.2, 0.25) is 0 Å². The van der Waals surface area contributed by atoms with E-state index in [1.807, 2.05) is 37.3 Å². The lowest BCUT2D eigenvalue weighted by Crippen LogP contribution is -2.43. The van der Waals surface area contributed by atoms with E-state index in [9.17, 15) is 4.79 Å². The molecule has 1 aromatic carbocycles. The lowest BCUT2D eigenvalue weighted by atomic mass is 9.87. The van der Waals surface area contributed by atoms with Gasteiger partial charge in [-0.15, -0.1) is 0 Å². The second-order valence-corrected chi connectivity index (χ2v) is 5.69. The lowest BCUT2D eigenvalue weighted by molar-refractivity contribution is 0.0707. The van der Waals surface area contributed by atoms with Gasteiger partial charge in [-0.25, -0.2) is 4.79 Å². The number of ether oxygens (including phenoxy) is 1. The number of hydrogen-bond donors (Lipinski definition) is 0. The minimum absolute atomic E-state index is 0.0422. The number of amides is 1. The highest BCUT2D eigenvalue weighted by Crippen LogP contribution is 2.23. The Hall–Kier alpha value is -1.51. The second-order valence-electron chi connectivity index (χ2n) is 5.69. The molecule has 18 heavy (non-hydrogen) atoms. The average molecular weight is 249 g/mol. The Morgan fingerprint density at radius 2 is 1.83 bits per heavy atom. The SMILES string of the molecule is CC(N(C)C(=O)OCc1ccccc1)C(C)(C)C. The van der Waals surface area contributed by atoms with E-state index in [-0.39, 0.29) is 17.6 Å². The molecule has 100 valence electrons. The molecule has 0 fully saturated rings. The summed E-state index contributed by atoms with van der Waals surface area (Å²) in [6, 6.07) is 9.83. The van der Waals surface area contributed by atoms with Crippen molar-refractivity contribution in [3.63, 3.8) is 0 Å². The van der Waals surface area contributed by atoms with Gasteiger partial charge in [-0.3, -0.25) is 0 Å². The third-order valence-electron chi connectivity index (χ3n) is 3.33. The summed E-state index contributed by atoms with van der Waals surface area (Å²) in [6.45, 7) is 8.68. The zero-order valence-electron chi connectivity index (χ0n) is 11.9. The third-order valence-corrected chi connectivity index (χ3v) is 3.33. The summed E-state index contributed by atoms with van der Waals surface area (Å²) >= 11 is 0. The van der Waals surface area contributed by atoms with Crippen molar-refractivity contribution in [1.29, 1.82) is 0 Å². The molecule has 1 atom stereocenters. The summed E-state index contributed by atoms with van der Waals surface area (Å²) in [5, 5.41) is 0. The number of hydrogen-bond acceptors (Lipinski definition) is 2. The smallest absolute Gasteiger partial charge is 0.410 e. The van der Waals surface area contributed by atoms with E-state index in [4.69, 9.17) is 4.74 Å². The first-order chi connectivity index (χ1) is 8.32. The molecular weight excluding hydrogens is 226 g/mol. The molecule has 0 saturated carbocycles. The standard InChI is InChI=1S/C15H23NO2/c1-12(15(2,3)4)16(5)14(17)18-11-13-9-7-6-8-10-13/h6-10,12H,11H2,1-5H3. The van der Waals surface area contributed by atoms with Crippen LogP contribution in [-0.2, 0) is 11.3 Å². The number of nitrogens with zero attached hydrogens (tertiary/aromatic N) is 1. The molecule has 0 aromatic heterocycles. The Morgan fingerprint density at radius 3 is 2.33 bits per heavy atom. The molecule has 0 aliphatic rings. The predicted molar refractivity (Wildman–Crippen MR) is 73.3 cm³/mol. The summed E-state index contributed by atoms with van der Waals surface area (Å²) in [6.07, 6.45) is -0.277. The molecule has 1 rings (SSSR count). The van der Waals surface area contributed by atoms with Crippen LogP contribution in [0.5, 0.6) is 0 Å². The zero-order valence-corrected chi connectivity index (χ0v) is 11.9. The predicted octanol–water partition coefficient (Wildman–Crippen LogP) is 3.69. The van der Waals surface area contributed by atoms with E-state index in [1.54, 1.807) is 11.9 Å². The lowest BCUT2D eigenvalue weighted by Gasteiger charge is -2.34. The van der Waals surface area contributed by atoms with E-state index in [0.717, 1.165) is 5.56 Å². The van der Waals surface area contributed by atoms with Crippen LogP contribution in [0.4, 0.5) is 4.79 Å². The van der Waals surface area contributed by atoms with Gasteiger partial charge in [0.25, 0.3) is 0 Å². The van der Waals surface area contributed by atoms with Gasteiger partial charge in [0.15, 0.2) is 0 Å². The van der Waals surface area contributed by atoms with E-state index >= 15 is 0 Å². The van der Waals surface area contributed by atoms with Gasteiger partial charge in [-0.1, -0.05) is 51.1 Å². The van der Waals surface area contributed by atoms with Crippen molar-refractivity contribution in [2.45, 2.75) is 40.3 Å². The molecule has 0 saturated heterocycles. The van der Waals surface area contributed by atoms with Crippen molar-refractivity contribution >= 4 is 6.09 Å². The van der Waals surface area contributed by atoms with Gasteiger partial charge < -0.3 is 9.64 Å². The molecule has 1 aromatic rings. The minimum atomic E-state index is -0.277. The number of carbonyl (C=O) groups is 1. The minimum Gasteiger partial charge on any atom is -0.445 e. The first-order valence-corrected chi connectivity index (χ1v) is 6.26. The third kappa shape index (κ3) is 4.06. The highest BCUT2D eigenvalue weighted by atomic mass is 16.6. The van der Waals surface area contributed by atoms with Gasteiger partial charge in [-0.2, -0.15) is 0 Å². The molecule has 1 amide bonds.